The monoisotopic (exact) mass is 382 g/mol. The van der Waals surface area contributed by atoms with E-state index < -0.39 is 0 Å². The summed E-state index contributed by atoms with van der Waals surface area (Å²) in [5.41, 5.74) is 3.04. The van der Waals surface area contributed by atoms with E-state index in [9.17, 15) is 4.79 Å². The smallest absolute Gasteiger partial charge is 0.253 e. The van der Waals surface area contributed by atoms with E-state index in [2.05, 4.69) is 16.9 Å². The summed E-state index contributed by atoms with van der Waals surface area (Å²) < 4.78 is 0. The lowest BCUT2D eigenvalue weighted by Crippen LogP contribution is -2.36. The van der Waals surface area contributed by atoms with Gasteiger partial charge in [-0.1, -0.05) is 19.3 Å². The third-order valence-corrected chi connectivity index (χ3v) is 6.51. The van der Waals surface area contributed by atoms with Crippen LogP contribution in [-0.4, -0.2) is 60.7 Å². The van der Waals surface area contributed by atoms with Gasteiger partial charge in [0, 0.05) is 50.4 Å². The Balaban J connectivity index is 1.32. The highest BCUT2D eigenvalue weighted by Crippen LogP contribution is 2.25. The van der Waals surface area contributed by atoms with Gasteiger partial charge in [0.25, 0.3) is 5.91 Å². The van der Waals surface area contributed by atoms with Crippen LogP contribution in [0.1, 0.15) is 62.2 Å². The van der Waals surface area contributed by atoms with Crippen molar-refractivity contribution in [3.05, 3.63) is 29.8 Å². The first-order valence-corrected chi connectivity index (χ1v) is 11.1. The van der Waals surface area contributed by atoms with Crippen LogP contribution in [0.4, 0.5) is 5.69 Å². The number of anilines is 1. The van der Waals surface area contributed by atoms with Crippen LogP contribution in [0.2, 0.25) is 0 Å². The van der Waals surface area contributed by atoms with Gasteiger partial charge in [-0.25, -0.2) is 0 Å². The number of benzene rings is 1. The Kier molecular flexibility index (Phi) is 6.30. The van der Waals surface area contributed by atoms with Crippen molar-refractivity contribution < 1.29 is 4.79 Å². The van der Waals surface area contributed by atoms with Gasteiger partial charge in [-0.15, -0.1) is 0 Å². The summed E-state index contributed by atoms with van der Waals surface area (Å²) in [6.07, 6.45) is 9.12. The largest absolute Gasteiger partial charge is 0.337 e. The Hall–Kier alpha value is -1.88. The van der Waals surface area contributed by atoms with Crippen molar-refractivity contribution in [3.63, 3.8) is 0 Å². The van der Waals surface area contributed by atoms with E-state index in [1.54, 1.807) is 0 Å². The zero-order chi connectivity index (χ0) is 19.3. The lowest BCUT2D eigenvalue weighted by molar-refractivity contribution is 0.0760. The fourth-order valence-corrected chi connectivity index (χ4v) is 4.81. The first-order valence-electron chi connectivity index (χ1n) is 11.1. The maximum atomic E-state index is 13.0. The minimum Gasteiger partial charge on any atom is -0.337 e. The van der Waals surface area contributed by atoms with E-state index in [4.69, 9.17) is 0 Å². The van der Waals surface area contributed by atoms with Gasteiger partial charge < -0.3 is 9.80 Å². The topological polar surface area (TPSA) is 39.2 Å². The van der Waals surface area contributed by atoms with E-state index >= 15 is 0 Å². The first-order chi connectivity index (χ1) is 13.7. The molecule has 2 fully saturated rings. The van der Waals surface area contributed by atoms with Crippen LogP contribution in [-0.2, 0) is 0 Å². The first kappa shape index (κ1) is 19.4. The summed E-state index contributed by atoms with van der Waals surface area (Å²) in [7, 11) is 0. The Morgan fingerprint density at radius 3 is 2.46 bits per heavy atom. The number of hydrogen-bond donors (Lipinski definition) is 0. The molecule has 2 aliphatic heterocycles. The molecule has 152 valence electrons. The maximum Gasteiger partial charge on any atom is 0.253 e. The highest BCUT2D eigenvalue weighted by molar-refractivity contribution is 5.94. The summed E-state index contributed by atoms with van der Waals surface area (Å²) in [6.45, 7) is 8.09. The van der Waals surface area contributed by atoms with Gasteiger partial charge in [-0.3, -0.25) is 9.80 Å². The number of hydrogen-bond acceptors (Lipinski definition) is 4. The molecule has 0 unspecified atom stereocenters. The van der Waals surface area contributed by atoms with Crippen molar-refractivity contribution in [2.45, 2.75) is 51.9 Å². The molecule has 0 spiro atoms. The average Bonchev–Trinajstić information content (AvgIpc) is 3.03. The van der Waals surface area contributed by atoms with Crippen molar-refractivity contribution in [2.24, 2.45) is 11.0 Å². The number of rotatable bonds is 4. The standard InChI is InChI=1S/C23H34N4O/c1-19-12-15-27(24-19)22-10-8-21(9-11-22)23(28)26-14-5-13-25(16-17-26)18-20-6-3-2-4-7-20/h8-11,20H,2-7,12-18H2,1H3. The number of carbonyl (C=O) groups is 1. The molecule has 1 saturated heterocycles. The fourth-order valence-electron chi connectivity index (χ4n) is 4.81. The zero-order valence-corrected chi connectivity index (χ0v) is 17.3. The molecular weight excluding hydrogens is 348 g/mol. The van der Waals surface area contributed by atoms with Gasteiger partial charge in [-0.2, -0.15) is 5.10 Å². The van der Waals surface area contributed by atoms with Gasteiger partial charge in [0.1, 0.15) is 0 Å². The minimum absolute atomic E-state index is 0.173. The van der Waals surface area contributed by atoms with Crippen molar-refractivity contribution in [1.29, 1.82) is 0 Å². The van der Waals surface area contributed by atoms with Crippen LogP contribution in [0, 0.1) is 5.92 Å². The molecule has 28 heavy (non-hydrogen) atoms. The molecule has 3 aliphatic rings. The van der Waals surface area contributed by atoms with Crippen LogP contribution in [0.5, 0.6) is 0 Å². The summed E-state index contributed by atoms with van der Waals surface area (Å²) in [5.74, 6) is 1.05. The van der Waals surface area contributed by atoms with E-state index in [0.717, 1.165) is 62.7 Å². The zero-order valence-electron chi connectivity index (χ0n) is 17.3. The Morgan fingerprint density at radius 2 is 1.75 bits per heavy atom. The predicted molar refractivity (Wildman–Crippen MR) is 115 cm³/mol. The van der Waals surface area contributed by atoms with Crippen LogP contribution < -0.4 is 5.01 Å². The molecule has 1 aliphatic carbocycles. The van der Waals surface area contributed by atoms with E-state index in [1.807, 2.05) is 34.2 Å². The maximum absolute atomic E-state index is 13.0. The number of nitrogens with zero attached hydrogens (tertiary/aromatic N) is 4. The number of carbonyl (C=O) groups excluding carboxylic acids is 1. The molecule has 1 amide bonds. The van der Waals surface area contributed by atoms with E-state index in [1.165, 1.54) is 44.4 Å². The van der Waals surface area contributed by atoms with Crippen molar-refractivity contribution in [3.8, 4) is 0 Å². The van der Waals surface area contributed by atoms with Crippen molar-refractivity contribution in [1.82, 2.24) is 9.80 Å². The van der Waals surface area contributed by atoms with Crippen LogP contribution in [0.15, 0.2) is 29.4 Å². The molecule has 5 heteroatoms. The molecule has 1 saturated carbocycles. The van der Waals surface area contributed by atoms with E-state index in [0.29, 0.717) is 0 Å². The average molecular weight is 383 g/mol. The molecule has 1 aromatic rings. The second-order valence-electron chi connectivity index (χ2n) is 8.71. The normalized spacial score (nSPS) is 22.2. The Bertz CT molecular complexity index is 693. The van der Waals surface area contributed by atoms with Crippen molar-refractivity contribution in [2.75, 3.05) is 44.3 Å². The Labute approximate surface area is 169 Å². The quantitative estimate of drug-likeness (QED) is 0.790. The molecular formula is C23H34N4O. The SMILES string of the molecule is CC1=NN(c2ccc(C(=O)N3CCCN(CC4CCCCC4)CC3)cc2)CC1. The van der Waals surface area contributed by atoms with Crippen LogP contribution in [0.3, 0.4) is 0 Å². The number of amides is 1. The molecule has 0 N–H and O–H groups in total. The summed E-state index contributed by atoms with van der Waals surface area (Å²) in [5, 5.41) is 6.57. The van der Waals surface area contributed by atoms with Gasteiger partial charge >= 0.3 is 0 Å². The summed E-state index contributed by atoms with van der Waals surface area (Å²) in [4.78, 5) is 17.6. The second kappa shape index (κ2) is 9.08. The molecule has 1 aromatic carbocycles. The summed E-state index contributed by atoms with van der Waals surface area (Å²) >= 11 is 0. The second-order valence-corrected chi connectivity index (χ2v) is 8.71. The molecule has 0 bridgehead atoms. The highest BCUT2D eigenvalue weighted by atomic mass is 16.2. The van der Waals surface area contributed by atoms with Gasteiger partial charge in [-0.05, 0) is 62.9 Å². The molecule has 5 nitrogen and oxygen atoms in total. The molecule has 0 aromatic heterocycles. The minimum atomic E-state index is 0.173. The van der Waals surface area contributed by atoms with E-state index in [-0.39, 0.29) is 5.91 Å². The molecule has 4 rings (SSSR count). The highest BCUT2D eigenvalue weighted by Gasteiger charge is 2.23. The predicted octanol–water partition coefficient (Wildman–Crippen LogP) is 4.00. The van der Waals surface area contributed by atoms with Crippen molar-refractivity contribution >= 4 is 17.3 Å². The molecule has 0 radical (unpaired) electrons. The lowest BCUT2D eigenvalue weighted by atomic mass is 9.89. The van der Waals surface area contributed by atoms with Gasteiger partial charge in [0.2, 0.25) is 0 Å². The number of hydrazone groups is 1. The van der Waals surface area contributed by atoms with Crippen LogP contribution >= 0.6 is 0 Å². The molecule has 0 atom stereocenters. The fraction of sp³-hybridized carbons (Fsp3) is 0.652. The summed E-state index contributed by atoms with van der Waals surface area (Å²) in [6, 6.07) is 7.99. The Morgan fingerprint density at radius 1 is 0.964 bits per heavy atom. The van der Waals surface area contributed by atoms with Crippen LogP contribution in [0.25, 0.3) is 0 Å². The molecule has 2 heterocycles. The third-order valence-electron chi connectivity index (χ3n) is 6.51. The van der Waals surface area contributed by atoms with Gasteiger partial charge in [0.05, 0.1) is 5.69 Å². The lowest BCUT2D eigenvalue weighted by Gasteiger charge is -2.28. The third kappa shape index (κ3) is 4.75. The van der Waals surface area contributed by atoms with Gasteiger partial charge in [0.15, 0.2) is 0 Å².